The highest BCUT2D eigenvalue weighted by molar-refractivity contribution is 7.22. The summed E-state index contributed by atoms with van der Waals surface area (Å²) >= 11 is 1.74. The van der Waals surface area contributed by atoms with Crippen LogP contribution in [0.25, 0.3) is 21.1 Å². The minimum absolute atomic E-state index is 0.0774. The van der Waals surface area contributed by atoms with Gasteiger partial charge in [-0.2, -0.15) is 0 Å². The molecule has 4 heterocycles. The van der Waals surface area contributed by atoms with Crippen LogP contribution >= 0.6 is 11.3 Å². The number of thiazole rings is 1. The molecule has 0 spiro atoms. The van der Waals surface area contributed by atoms with Gasteiger partial charge in [-0.05, 0) is 59.3 Å². The van der Waals surface area contributed by atoms with Gasteiger partial charge in [0, 0.05) is 31.7 Å². The second-order valence-corrected chi connectivity index (χ2v) is 11.4. The van der Waals surface area contributed by atoms with Gasteiger partial charge in [0.25, 0.3) is 5.56 Å². The summed E-state index contributed by atoms with van der Waals surface area (Å²) in [6.45, 7) is 5.24. The van der Waals surface area contributed by atoms with Crippen molar-refractivity contribution in [3.8, 4) is 0 Å². The van der Waals surface area contributed by atoms with E-state index in [-0.39, 0.29) is 17.6 Å². The van der Waals surface area contributed by atoms with Gasteiger partial charge < -0.3 is 9.88 Å². The Morgan fingerprint density at radius 1 is 1.03 bits per heavy atom. The molecule has 0 unspecified atom stereocenters. The molecule has 3 aromatic heterocycles. The second kappa shape index (κ2) is 9.59. The number of para-hydroxylation sites is 2. The standard InChI is InChI=1S/C28H30N8OS/c1-18-7-6-8-19-17-21(27(37)30-24(18)19)25(26-31-32-33-36(26)20-9-2-3-10-20)34-13-15-35(16-14-34)28-29-22-11-4-5-12-23(22)38-28/h4-8,11-12,17,20,25H,2-3,9-10,13-16H2,1H3,(H,30,37)/t25-/m1/s1. The Kier molecular flexibility index (Phi) is 5.93. The van der Waals surface area contributed by atoms with Gasteiger partial charge in [0.15, 0.2) is 11.0 Å². The Morgan fingerprint density at radius 3 is 2.66 bits per heavy atom. The summed E-state index contributed by atoms with van der Waals surface area (Å²) in [7, 11) is 0. The van der Waals surface area contributed by atoms with Crippen LogP contribution in [-0.2, 0) is 0 Å². The number of benzene rings is 2. The van der Waals surface area contributed by atoms with Crippen molar-refractivity contribution < 1.29 is 0 Å². The fraction of sp³-hybridized carbons (Fsp3) is 0.393. The molecule has 1 saturated carbocycles. The summed E-state index contributed by atoms with van der Waals surface area (Å²) in [5, 5.41) is 15.2. The first-order chi connectivity index (χ1) is 18.7. The molecule has 10 heteroatoms. The molecule has 0 radical (unpaired) electrons. The molecule has 9 nitrogen and oxygen atoms in total. The third-order valence-electron chi connectivity index (χ3n) is 8.08. The van der Waals surface area contributed by atoms with E-state index in [4.69, 9.17) is 4.98 Å². The lowest BCUT2D eigenvalue weighted by molar-refractivity contribution is 0.197. The molecule has 0 amide bonds. The zero-order chi connectivity index (χ0) is 25.6. The van der Waals surface area contributed by atoms with E-state index in [0.29, 0.717) is 5.56 Å². The van der Waals surface area contributed by atoms with E-state index in [1.165, 1.54) is 17.5 Å². The summed E-state index contributed by atoms with van der Waals surface area (Å²) in [4.78, 5) is 26.4. The molecule has 194 valence electrons. The highest BCUT2D eigenvalue weighted by Crippen LogP contribution is 2.35. The van der Waals surface area contributed by atoms with Crippen LogP contribution in [0.2, 0.25) is 0 Å². The number of fused-ring (bicyclic) bond motifs is 2. The summed E-state index contributed by atoms with van der Waals surface area (Å²) in [6.07, 6.45) is 4.52. The summed E-state index contributed by atoms with van der Waals surface area (Å²) in [5.74, 6) is 0.767. The number of hydrogen-bond acceptors (Lipinski definition) is 8. The number of pyridine rings is 1. The molecule has 2 aliphatic rings. The van der Waals surface area contributed by atoms with Crippen LogP contribution in [0.4, 0.5) is 5.13 Å². The van der Waals surface area contributed by atoms with Gasteiger partial charge in [0.1, 0.15) is 6.04 Å². The van der Waals surface area contributed by atoms with Crippen LogP contribution < -0.4 is 10.5 Å². The van der Waals surface area contributed by atoms with E-state index in [2.05, 4.69) is 54.6 Å². The number of piperazine rings is 1. The molecule has 0 bridgehead atoms. The van der Waals surface area contributed by atoms with Crippen LogP contribution in [0.5, 0.6) is 0 Å². The topological polar surface area (TPSA) is 95.8 Å². The Morgan fingerprint density at radius 2 is 1.84 bits per heavy atom. The van der Waals surface area contributed by atoms with E-state index in [9.17, 15) is 4.79 Å². The largest absolute Gasteiger partial charge is 0.345 e. The number of rotatable bonds is 5. The average Bonchev–Trinajstić information content (AvgIpc) is 3.71. The second-order valence-electron chi connectivity index (χ2n) is 10.4. The van der Waals surface area contributed by atoms with Crippen molar-refractivity contribution in [3.63, 3.8) is 0 Å². The number of tetrazole rings is 1. The lowest BCUT2D eigenvalue weighted by Crippen LogP contribution is -2.49. The molecule has 5 aromatic rings. The highest BCUT2D eigenvalue weighted by Gasteiger charge is 2.35. The smallest absolute Gasteiger partial charge is 0.253 e. The molecule has 1 atom stereocenters. The van der Waals surface area contributed by atoms with E-state index in [1.54, 1.807) is 11.3 Å². The van der Waals surface area contributed by atoms with Crippen molar-refractivity contribution in [2.75, 3.05) is 31.1 Å². The molecule has 2 aromatic carbocycles. The molecule has 1 aliphatic carbocycles. The molecule has 1 N–H and O–H groups in total. The lowest BCUT2D eigenvalue weighted by Gasteiger charge is -2.38. The highest BCUT2D eigenvalue weighted by atomic mass is 32.1. The Balaban J connectivity index is 1.26. The predicted octanol–water partition coefficient (Wildman–Crippen LogP) is 4.46. The minimum atomic E-state index is -0.322. The van der Waals surface area contributed by atoms with Crippen LogP contribution in [0.15, 0.2) is 53.3 Å². The Hall–Kier alpha value is -3.63. The van der Waals surface area contributed by atoms with Crippen molar-refractivity contribution in [2.45, 2.75) is 44.7 Å². The third-order valence-corrected chi connectivity index (χ3v) is 9.17. The van der Waals surface area contributed by atoms with Gasteiger partial charge in [-0.25, -0.2) is 9.67 Å². The van der Waals surface area contributed by atoms with Gasteiger partial charge in [-0.3, -0.25) is 9.69 Å². The number of H-pyrrole nitrogens is 1. The van der Waals surface area contributed by atoms with Crippen molar-refractivity contribution in [1.82, 2.24) is 35.1 Å². The summed E-state index contributed by atoms with van der Waals surface area (Å²) < 4.78 is 3.20. The van der Waals surface area contributed by atoms with Gasteiger partial charge in [0.2, 0.25) is 0 Å². The van der Waals surface area contributed by atoms with Crippen molar-refractivity contribution >= 4 is 37.6 Å². The van der Waals surface area contributed by atoms with E-state index in [1.807, 2.05) is 35.9 Å². The SMILES string of the molecule is Cc1cccc2cc([C@H](c3nnnn3C3CCCC3)N3CCN(c4nc5ccccc5s4)CC3)c(=O)[nH]c12. The van der Waals surface area contributed by atoms with Crippen molar-refractivity contribution in [1.29, 1.82) is 0 Å². The Bertz CT molecular complexity index is 1630. The zero-order valence-corrected chi connectivity index (χ0v) is 22.2. The van der Waals surface area contributed by atoms with Gasteiger partial charge in [-0.1, -0.05) is 54.5 Å². The first-order valence-electron chi connectivity index (χ1n) is 13.4. The molecule has 7 rings (SSSR count). The number of aryl methyl sites for hydroxylation is 1. The van der Waals surface area contributed by atoms with E-state index >= 15 is 0 Å². The Labute approximate surface area is 224 Å². The predicted molar refractivity (Wildman–Crippen MR) is 150 cm³/mol. The maximum Gasteiger partial charge on any atom is 0.253 e. The number of anilines is 1. The van der Waals surface area contributed by atoms with Gasteiger partial charge >= 0.3 is 0 Å². The molecular formula is C28H30N8OS. The van der Waals surface area contributed by atoms with Crippen LogP contribution in [0.1, 0.15) is 54.7 Å². The average molecular weight is 527 g/mol. The quantitative estimate of drug-likeness (QED) is 0.361. The monoisotopic (exact) mass is 526 g/mol. The number of hydrogen-bond donors (Lipinski definition) is 1. The minimum Gasteiger partial charge on any atom is -0.345 e. The van der Waals surface area contributed by atoms with E-state index < -0.39 is 0 Å². The van der Waals surface area contributed by atoms with Crippen LogP contribution in [0, 0.1) is 6.92 Å². The molecule has 2 fully saturated rings. The fourth-order valence-electron chi connectivity index (χ4n) is 6.06. The molecule has 1 aliphatic heterocycles. The summed E-state index contributed by atoms with van der Waals surface area (Å²) in [6, 6.07) is 16.4. The van der Waals surface area contributed by atoms with Gasteiger partial charge in [0.05, 0.1) is 21.8 Å². The normalized spacial score (nSPS) is 18.1. The third kappa shape index (κ3) is 4.08. The van der Waals surface area contributed by atoms with Crippen molar-refractivity contribution in [3.05, 3.63) is 75.8 Å². The summed E-state index contributed by atoms with van der Waals surface area (Å²) in [5.41, 5.74) is 3.61. The van der Waals surface area contributed by atoms with E-state index in [0.717, 1.165) is 72.0 Å². The maximum absolute atomic E-state index is 13.6. The van der Waals surface area contributed by atoms with Crippen molar-refractivity contribution in [2.24, 2.45) is 0 Å². The number of aromatic nitrogens is 6. The number of aromatic amines is 1. The van der Waals surface area contributed by atoms with Gasteiger partial charge in [-0.15, -0.1) is 5.10 Å². The lowest BCUT2D eigenvalue weighted by atomic mass is 10.0. The fourth-order valence-corrected chi connectivity index (χ4v) is 7.08. The first kappa shape index (κ1) is 23.5. The maximum atomic E-state index is 13.6. The number of nitrogens with one attached hydrogen (secondary N) is 1. The molecule has 1 saturated heterocycles. The first-order valence-corrected chi connectivity index (χ1v) is 14.2. The molecule has 38 heavy (non-hydrogen) atoms. The number of nitrogens with zero attached hydrogens (tertiary/aromatic N) is 7. The van der Waals surface area contributed by atoms with Crippen LogP contribution in [0.3, 0.4) is 0 Å². The zero-order valence-electron chi connectivity index (χ0n) is 21.4. The van der Waals surface area contributed by atoms with Crippen LogP contribution in [-0.4, -0.2) is 61.3 Å². The molecular weight excluding hydrogens is 496 g/mol.